The first-order chi connectivity index (χ1) is 14.8. The van der Waals surface area contributed by atoms with Crippen LogP contribution in [0.1, 0.15) is 44.6 Å². The van der Waals surface area contributed by atoms with E-state index in [4.69, 9.17) is 11.6 Å². The van der Waals surface area contributed by atoms with Crippen LogP contribution in [-0.2, 0) is 20.6 Å². The van der Waals surface area contributed by atoms with Crippen LogP contribution in [-0.4, -0.2) is 32.3 Å². The highest BCUT2D eigenvalue weighted by Crippen LogP contribution is 2.25. The van der Waals surface area contributed by atoms with E-state index >= 15 is 0 Å². The summed E-state index contributed by atoms with van der Waals surface area (Å²) in [4.78, 5) is 32.0. The highest BCUT2D eigenvalue weighted by molar-refractivity contribution is 6.31. The minimum Gasteiger partial charge on any atom is -0.345 e. The molecule has 31 heavy (non-hydrogen) atoms. The molecule has 0 saturated heterocycles. The summed E-state index contributed by atoms with van der Waals surface area (Å²) < 4.78 is 18.6. The lowest BCUT2D eigenvalue weighted by atomic mass is 10.1. The number of imidazole rings is 1. The average molecular weight is 450 g/mol. The van der Waals surface area contributed by atoms with Crippen LogP contribution in [0.25, 0.3) is 11.2 Å². The molecule has 0 amide bonds. The van der Waals surface area contributed by atoms with Gasteiger partial charge in [-0.1, -0.05) is 50.3 Å². The van der Waals surface area contributed by atoms with Crippen LogP contribution in [0.2, 0.25) is 5.02 Å². The summed E-state index contributed by atoms with van der Waals surface area (Å²) in [5.74, 6) is 0.0484. The number of benzene rings is 1. The second kappa shape index (κ2) is 9.68. The third-order valence-corrected chi connectivity index (χ3v) is 6.00. The molecule has 0 spiro atoms. The predicted octanol–water partition coefficient (Wildman–Crippen LogP) is 3.68. The van der Waals surface area contributed by atoms with Crippen LogP contribution in [0.3, 0.4) is 0 Å². The minimum absolute atomic E-state index is 0.0327. The molecule has 0 aliphatic rings. The van der Waals surface area contributed by atoms with Gasteiger partial charge in [-0.05, 0) is 18.6 Å². The van der Waals surface area contributed by atoms with Gasteiger partial charge in [-0.2, -0.15) is 4.98 Å². The van der Waals surface area contributed by atoms with Gasteiger partial charge in [0, 0.05) is 38.3 Å². The molecular formula is C22H29ClFN5O2. The smallest absolute Gasteiger partial charge is 0.332 e. The van der Waals surface area contributed by atoms with Crippen LogP contribution in [0.5, 0.6) is 0 Å². The maximum atomic E-state index is 14.5. The van der Waals surface area contributed by atoms with Gasteiger partial charge >= 0.3 is 5.69 Å². The molecule has 0 atom stereocenters. The van der Waals surface area contributed by atoms with Gasteiger partial charge in [-0.15, -0.1) is 0 Å². The molecule has 0 fully saturated rings. The lowest BCUT2D eigenvalue weighted by molar-refractivity contribution is 0.597. The zero-order valence-electron chi connectivity index (χ0n) is 18.5. The zero-order chi connectivity index (χ0) is 22.7. The Bertz CT molecular complexity index is 1180. The summed E-state index contributed by atoms with van der Waals surface area (Å²) in [6.07, 6.45) is 5.61. The highest BCUT2D eigenvalue weighted by atomic mass is 35.5. The monoisotopic (exact) mass is 449 g/mol. The third-order valence-electron chi connectivity index (χ3n) is 5.64. The standard InChI is InChI=1S/C22H29ClFN5O2/c1-5-6-7-8-9-13-26(2)21-25-19-18(20(30)28(4)22(31)27(19)3)29(21)14-15-16(23)11-10-12-17(15)24/h10-12H,5-9,13-14H2,1-4H3. The number of aryl methyl sites for hydroxylation is 1. The number of hydrogen-bond donors (Lipinski definition) is 0. The van der Waals surface area contributed by atoms with Crippen LogP contribution in [0, 0.1) is 5.82 Å². The van der Waals surface area contributed by atoms with E-state index in [0.29, 0.717) is 5.95 Å². The van der Waals surface area contributed by atoms with Gasteiger partial charge in [0.05, 0.1) is 6.54 Å². The van der Waals surface area contributed by atoms with Crippen molar-refractivity contribution < 1.29 is 4.39 Å². The van der Waals surface area contributed by atoms with Crippen molar-refractivity contribution in [1.82, 2.24) is 18.7 Å². The molecule has 168 valence electrons. The summed E-state index contributed by atoms with van der Waals surface area (Å²) in [6, 6.07) is 4.49. The molecule has 3 rings (SSSR count). The van der Waals surface area contributed by atoms with Gasteiger partial charge < -0.3 is 4.90 Å². The molecule has 0 aliphatic carbocycles. The molecule has 2 heterocycles. The third kappa shape index (κ3) is 4.54. The maximum absolute atomic E-state index is 14.5. The zero-order valence-corrected chi connectivity index (χ0v) is 19.2. The van der Waals surface area contributed by atoms with E-state index in [1.165, 1.54) is 36.9 Å². The van der Waals surface area contributed by atoms with Crippen molar-refractivity contribution in [3.63, 3.8) is 0 Å². The quantitative estimate of drug-likeness (QED) is 0.467. The first-order valence-corrected chi connectivity index (χ1v) is 11.0. The highest BCUT2D eigenvalue weighted by Gasteiger charge is 2.22. The molecule has 7 nitrogen and oxygen atoms in total. The normalized spacial score (nSPS) is 11.4. The fourth-order valence-corrected chi connectivity index (χ4v) is 3.99. The maximum Gasteiger partial charge on any atom is 0.332 e. The molecule has 3 aromatic rings. The van der Waals surface area contributed by atoms with E-state index < -0.39 is 17.1 Å². The number of rotatable bonds is 9. The van der Waals surface area contributed by atoms with E-state index in [2.05, 4.69) is 11.9 Å². The van der Waals surface area contributed by atoms with Gasteiger partial charge in [0.25, 0.3) is 5.56 Å². The number of hydrogen-bond acceptors (Lipinski definition) is 4. The summed E-state index contributed by atoms with van der Waals surface area (Å²) >= 11 is 6.26. The molecule has 0 saturated carbocycles. The number of aromatic nitrogens is 4. The Labute approximate surface area is 185 Å². The second-order valence-electron chi connectivity index (χ2n) is 7.91. The molecule has 1 aromatic carbocycles. The van der Waals surface area contributed by atoms with E-state index in [-0.39, 0.29) is 28.3 Å². The Hall–Kier alpha value is -2.61. The Morgan fingerprint density at radius 2 is 1.81 bits per heavy atom. The van der Waals surface area contributed by atoms with Crippen LogP contribution in [0.4, 0.5) is 10.3 Å². The first-order valence-electron chi connectivity index (χ1n) is 10.6. The topological polar surface area (TPSA) is 65.1 Å². The largest absolute Gasteiger partial charge is 0.345 e. The average Bonchev–Trinajstić information content (AvgIpc) is 3.12. The Morgan fingerprint density at radius 3 is 2.48 bits per heavy atom. The molecule has 0 bridgehead atoms. The van der Waals surface area contributed by atoms with Crippen molar-refractivity contribution in [3.05, 3.63) is 55.4 Å². The second-order valence-corrected chi connectivity index (χ2v) is 8.32. The molecule has 0 N–H and O–H groups in total. The number of halogens is 2. The summed E-state index contributed by atoms with van der Waals surface area (Å²) in [6.45, 7) is 2.93. The van der Waals surface area contributed by atoms with Gasteiger partial charge in [0.1, 0.15) is 5.82 Å². The lowest BCUT2D eigenvalue weighted by Gasteiger charge is -2.20. The predicted molar refractivity (Wildman–Crippen MR) is 123 cm³/mol. The van der Waals surface area contributed by atoms with Crippen molar-refractivity contribution in [2.75, 3.05) is 18.5 Å². The van der Waals surface area contributed by atoms with Crippen LogP contribution in [0.15, 0.2) is 27.8 Å². The summed E-state index contributed by atoms with van der Waals surface area (Å²) in [5.41, 5.74) is -0.136. The Kier molecular flexibility index (Phi) is 7.20. The fraction of sp³-hybridized carbons (Fsp3) is 0.500. The Balaban J connectivity index is 2.11. The van der Waals surface area contributed by atoms with Gasteiger partial charge in [-0.3, -0.25) is 18.5 Å². The Morgan fingerprint density at radius 1 is 1.10 bits per heavy atom. The van der Waals surface area contributed by atoms with Crippen LogP contribution >= 0.6 is 11.6 Å². The fourth-order valence-electron chi connectivity index (χ4n) is 3.77. The minimum atomic E-state index is -0.472. The van der Waals surface area contributed by atoms with E-state index in [1.54, 1.807) is 23.7 Å². The number of anilines is 1. The van der Waals surface area contributed by atoms with Crippen LogP contribution < -0.4 is 16.1 Å². The molecule has 0 aliphatic heterocycles. The van der Waals surface area contributed by atoms with Gasteiger partial charge in [0.15, 0.2) is 11.2 Å². The van der Waals surface area contributed by atoms with Crippen molar-refractivity contribution in [2.45, 2.75) is 45.6 Å². The summed E-state index contributed by atoms with van der Waals surface area (Å²) in [7, 11) is 4.89. The molecular weight excluding hydrogens is 421 g/mol. The van der Waals surface area contributed by atoms with Crippen molar-refractivity contribution in [3.8, 4) is 0 Å². The molecule has 2 aromatic heterocycles. The van der Waals surface area contributed by atoms with Crippen molar-refractivity contribution in [2.24, 2.45) is 14.1 Å². The molecule has 0 unspecified atom stereocenters. The number of unbranched alkanes of at least 4 members (excludes halogenated alkanes) is 4. The van der Waals surface area contributed by atoms with Gasteiger partial charge in [-0.25, -0.2) is 9.18 Å². The number of fused-ring (bicyclic) bond motifs is 1. The first kappa shape index (κ1) is 23.1. The SMILES string of the molecule is CCCCCCCN(C)c1nc2c(c(=O)n(C)c(=O)n2C)n1Cc1c(F)cccc1Cl. The lowest BCUT2D eigenvalue weighted by Crippen LogP contribution is -2.37. The molecule has 0 radical (unpaired) electrons. The number of nitrogens with zero attached hydrogens (tertiary/aromatic N) is 5. The van der Waals surface area contributed by atoms with E-state index in [1.807, 2.05) is 11.9 Å². The van der Waals surface area contributed by atoms with Crippen molar-refractivity contribution >= 4 is 28.7 Å². The van der Waals surface area contributed by atoms with Crippen molar-refractivity contribution in [1.29, 1.82) is 0 Å². The van der Waals surface area contributed by atoms with E-state index in [0.717, 1.165) is 24.0 Å². The van der Waals surface area contributed by atoms with Gasteiger partial charge in [0.2, 0.25) is 5.95 Å². The summed E-state index contributed by atoms with van der Waals surface area (Å²) in [5, 5.41) is 0.275. The van der Waals surface area contributed by atoms with E-state index in [9.17, 15) is 14.0 Å². The molecule has 9 heteroatoms.